The van der Waals surface area contributed by atoms with Crippen molar-refractivity contribution < 1.29 is 9.53 Å². The molecule has 0 bridgehead atoms. The lowest BCUT2D eigenvalue weighted by Crippen LogP contribution is -2.08. The maximum atomic E-state index is 11.9. The van der Waals surface area contributed by atoms with Gasteiger partial charge in [0, 0.05) is 11.5 Å². The molecule has 1 fully saturated rings. The number of ether oxygens (including phenoxy) is 1. The first-order chi connectivity index (χ1) is 9.83. The largest absolute Gasteiger partial charge is 0.423 e. The standard InChI is InChI=1S/C16H14O2S2/c17-15(12-4-2-1-3-5-12)18-14-8-6-13(7-9-14)16-19-10-11-20-16/h1-9,16H,10-11H2. The molecule has 0 saturated carbocycles. The maximum Gasteiger partial charge on any atom is 0.343 e. The molecule has 0 radical (unpaired) electrons. The molecule has 0 atom stereocenters. The summed E-state index contributed by atoms with van der Waals surface area (Å²) in [7, 11) is 0. The monoisotopic (exact) mass is 302 g/mol. The van der Waals surface area contributed by atoms with Crippen LogP contribution in [-0.4, -0.2) is 17.5 Å². The predicted molar refractivity (Wildman–Crippen MR) is 85.5 cm³/mol. The normalized spacial score (nSPS) is 15.2. The van der Waals surface area contributed by atoms with Crippen molar-refractivity contribution in [1.82, 2.24) is 0 Å². The highest BCUT2D eigenvalue weighted by molar-refractivity contribution is 8.19. The predicted octanol–water partition coefficient (Wildman–Crippen LogP) is 4.38. The smallest absolute Gasteiger partial charge is 0.343 e. The zero-order valence-corrected chi connectivity index (χ0v) is 12.5. The Morgan fingerprint density at radius 3 is 2.25 bits per heavy atom. The number of carbonyl (C=O) groups is 1. The van der Waals surface area contributed by atoms with Crippen LogP contribution in [-0.2, 0) is 0 Å². The average molecular weight is 302 g/mol. The van der Waals surface area contributed by atoms with Crippen LogP contribution in [0, 0.1) is 0 Å². The lowest BCUT2D eigenvalue weighted by atomic mass is 10.2. The summed E-state index contributed by atoms with van der Waals surface area (Å²) in [6.07, 6.45) is 0. The highest BCUT2D eigenvalue weighted by atomic mass is 32.2. The van der Waals surface area contributed by atoms with E-state index in [1.165, 1.54) is 17.1 Å². The molecule has 2 aromatic carbocycles. The highest BCUT2D eigenvalue weighted by Crippen LogP contribution is 2.45. The summed E-state index contributed by atoms with van der Waals surface area (Å²) in [6, 6.07) is 16.9. The van der Waals surface area contributed by atoms with Crippen LogP contribution in [0.2, 0.25) is 0 Å². The second kappa shape index (κ2) is 6.37. The Hall–Kier alpha value is -1.39. The van der Waals surface area contributed by atoms with Gasteiger partial charge in [0.2, 0.25) is 0 Å². The lowest BCUT2D eigenvalue weighted by Gasteiger charge is -2.09. The molecule has 20 heavy (non-hydrogen) atoms. The molecule has 1 aliphatic rings. The summed E-state index contributed by atoms with van der Waals surface area (Å²) >= 11 is 3.93. The molecule has 2 nitrogen and oxygen atoms in total. The first-order valence-corrected chi connectivity index (χ1v) is 8.53. The number of rotatable bonds is 3. The summed E-state index contributed by atoms with van der Waals surface area (Å²) in [5.41, 5.74) is 1.86. The van der Waals surface area contributed by atoms with Crippen molar-refractivity contribution >= 4 is 29.5 Å². The summed E-state index contributed by atoms with van der Waals surface area (Å²) < 4.78 is 5.89. The van der Waals surface area contributed by atoms with Crippen LogP contribution >= 0.6 is 23.5 Å². The molecule has 0 N–H and O–H groups in total. The molecule has 0 spiro atoms. The average Bonchev–Trinajstić information content (AvgIpc) is 3.03. The number of esters is 1. The van der Waals surface area contributed by atoms with Crippen molar-refractivity contribution in [3.8, 4) is 5.75 Å². The fraction of sp³-hybridized carbons (Fsp3) is 0.188. The van der Waals surface area contributed by atoms with Crippen molar-refractivity contribution in [2.24, 2.45) is 0 Å². The quantitative estimate of drug-likeness (QED) is 0.620. The summed E-state index contributed by atoms with van der Waals surface area (Å²) in [5.74, 6) is 2.69. The van der Waals surface area contributed by atoms with Gasteiger partial charge >= 0.3 is 5.97 Å². The van der Waals surface area contributed by atoms with E-state index in [-0.39, 0.29) is 5.97 Å². The Balaban J connectivity index is 1.67. The Kier molecular flexibility index (Phi) is 4.33. The van der Waals surface area contributed by atoms with Crippen LogP contribution in [0.25, 0.3) is 0 Å². The second-order valence-electron chi connectivity index (χ2n) is 4.40. The molecule has 102 valence electrons. The van der Waals surface area contributed by atoms with Gasteiger partial charge < -0.3 is 4.74 Å². The third kappa shape index (κ3) is 3.19. The molecule has 2 aromatic rings. The van der Waals surface area contributed by atoms with Crippen LogP contribution in [0.3, 0.4) is 0 Å². The molecule has 3 rings (SSSR count). The van der Waals surface area contributed by atoms with E-state index in [0.717, 1.165) is 0 Å². The van der Waals surface area contributed by atoms with Crippen LogP contribution in [0.5, 0.6) is 5.75 Å². The van der Waals surface area contributed by atoms with Crippen molar-refractivity contribution in [1.29, 1.82) is 0 Å². The minimum absolute atomic E-state index is 0.317. The Morgan fingerprint density at radius 1 is 0.950 bits per heavy atom. The number of thioether (sulfide) groups is 2. The molecule has 1 heterocycles. The van der Waals surface area contributed by atoms with Gasteiger partial charge in [-0.2, -0.15) is 0 Å². The van der Waals surface area contributed by atoms with Crippen molar-refractivity contribution in [2.75, 3.05) is 11.5 Å². The van der Waals surface area contributed by atoms with Crippen LogP contribution < -0.4 is 4.74 Å². The first-order valence-electron chi connectivity index (χ1n) is 6.43. The summed E-state index contributed by atoms with van der Waals surface area (Å²) in [5, 5.41) is 0. The third-order valence-corrected chi connectivity index (χ3v) is 6.10. The van der Waals surface area contributed by atoms with Crippen molar-refractivity contribution in [3.05, 3.63) is 65.7 Å². The van der Waals surface area contributed by atoms with Crippen LogP contribution in [0.4, 0.5) is 0 Å². The Morgan fingerprint density at radius 2 is 1.60 bits per heavy atom. The van der Waals surface area contributed by atoms with Crippen LogP contribution in [0.15, 0.2) is 54.6 Å². The Bertz CT molecular complexity index is 575. The molecule has 1 saturated heterocycles. The van der Waals surface area contributed by atoms with Gasteiger partial charge in [-0.3, -0.25) is 0 Å². The molecule has 0 aliphatic carbocycles. The van der Waals surface area contributed by atoms with Gasteiger partial charge in [0.05, 0.1) is 10.1 Å². The Labute approximate surface area is 126 Å². The summed E-state index contributed by atoms with van der Waals surface area (Å²) in [6.45, 7) is 0. The zero-order chi connectivity index (χ0) is 13.8. The summed E-state index contributed by atoms with van der Waals surface area (Å²) in [4.78, 5) is 11.9. The molecule has 0 amide bonds. The van der Waals surface area contributed by atoms with E-state index in [0.29, 0.717) is 15.9 Å². The first kappa shape index (κ1) is 13.6. The zero-order valence-electron chi connectivity index (χ0n) is 10.8. The molecular weight excluding hydrogens is 288 g/mol. The minimum atomic E-state index is -0.317. The fourth-order valence-corrected chi connectivity index (χ4v) is 4.84. The van der Waals surface area contributed by atoms with Crippen molar-refractivity contribution in [3.63, 3.8) is 0 Å². The van der Waals surface area contributed by atoms with E-state index in [9.17, 15) is 4.79 Å². The van der Waals surface area contributed by atoms with Gasteiger partial charge in [-0.1, -0.05) is 30.3 Å². The van der Waals surface area contributed by atoms with Gasteiger partial charge in [-0.15, -0.1) is 23.5 Å². The van der Waals surface area contributed by atoms with Crippen LogP contribution in [0.1, 0.15) is 20.5 Å². The van der Waals surface area contributed by atoms with Gasteiger partial charge in [0.25, 0.3) is 0 Å². The molecule has 0 unspecified atom stereocenters. The highest BCUT2D eigenvalue weighted by Gasteiger charge is 2.18. The lowest BCUT2D eigenvalue weighted by molar-refractivity contribution is 0.0735. The van der Waals surface area contributed by atoms with Gasteiger partial charge in [-0.05, 0) is 29.8 Å². The van der Waals surface area contributed by atoms with E-state index in [1.807, 2.05) is 66.0 Å². The van der Waals surface area contributed by atoms with E-state index in [1.54, 1.807) is 12.1 Å². The van der Waals surface area contributed by atoms with Gasteiger partial charge in [0.1, 0.15) is 5.75 Å². The number of carbonyl (C=O) groups excluding carboxylic acids is 1. The number of hydrogen-bond donors (Lipinski definition) is 0. The minimum Gasteiger partial charge on any atom is -0.423 e. The van der Waals surface area contributed by atoms with Gasteiger partial charge in [-0.25, -0.2) is 4.79 Å². The fourth-order valence-electron chi connectivity index (χ4n) is 1.98. The molecule has 4 heteroatoms. The third-order valence-electron chi connectivity index (χ3n) is 2.99. The molecule has 0 aromatic heterocycles. The van der Waals surface area contributed by atoms with E-state index < -0.39 is 0 Å². The van der Waals surface area contributed by atoms with E-state index in [2.05, 4.69) is 0 Å². The molecular formula is C16H14O2S2. The number of benzene rings is 2. The van der Waals surface area contributed by atoms with E-state index >= 15 is 0 Å². The van der Waals surface area contributed by atoms with E-state index in [4.69, 9.17) is 4.74 Å². The number of hydrogen-bond acceptors (Lipinski definition) is 4. The van der Waals surface area contributed by atoms with Crippen molar-refractivity contribution in [2.45, 2.75) is 4.58 Å². The molecule has 1 aliphatic heterocycles. The topological polar surface area (TPSA) is 26.3 Å². The van der Waals surface area contributed by atoms with Gasteiger partial charge in [0.15, 0.2) is 0 Å². The SMILES string of the molecule is O=C(Oc1ccc(C2SCCS2)cc1)c1ccccc1. The second-order valence-corrected chi connectivity index (χ2v) is 7.12. The maximum absolute atomic E-state index is 11.9.